The normalized spacial score (nSPS) is 19.6. The number of fused-ring (bicyclic) bond motifs is 1. The van der Waals surface area contributed by atoms with E-state index in [1.165, 1.54) is 0 Å². The molecule has 2 aliphatic rings. The lowest BCUT2D eigenvalue weighted by atomic mass is 9.87. The number of carbonyl (C=O) groups is 3. The van der Waals surface area contributed by atoms with Gasteiger partial charge in [-0.2, -0.15) is 0 Å². The van der Waals surface area contributed by atoms with Gasteiger partial charge in [0.1, 0.15) is 11.2 Å². The third-order valence-electron chi connectivity index (χ3n) is 4.76. The van der Waals surface area contributed by atoms with Gasteiger partial charge in [-0.15, -0.1) is 0 Å². The summed E-state index contributed by atoms with van der Waals surface area (Å²) in [5, 5.41) is 9.76. The van der Waals surface area contributed by atoms with E-state index in [0.717, 1.165) is 5.39 Å². The van der Waals surface area contributed by atoms with E-state index in [2.05, 4.69) is 15.8 Å². The van der Waals surface area contributed by atoms with Crippen LogP contribution in [0.3, 0.4) is 0 Å². The lowest BCUT2D eigenvalue weighted by Crippen LogP contribution is -2.55. The number of hydrogen-bond donors (Lipinski definition) is 2. The van der Waals surface area contributed by atoms with Crippen LogP contribution in [0, 0.1) is 0 Å². The van der Waals surface area contributed by atoms with Crippen LogP contribution in [-0.4, -0.2) is 46.5 Å². The lowest BCUT2D eigenvalue weighted by Gasteiger charge is -2.36. The van der Waals surface area contributed by atoms with Gasteiger partial charge in [0.15, 0.2) is 5.58 Å². The molecule has 0 saturated carbocycles. The van der Waals surface area contributed by atoms with Gasteiger partial charge in [0.25, 0.3) is 5.91 Å². The van der Waals surface area contributed by atoms with Gasteiger partial charge in [0, 0.05) is 18.5 Å². The van der Waals surface area contributed by atoms with Crippen molar-refractivity contribution in [3.05, 3.63) is 30.0 Å². The third-order valence-corrected chi connectivity index (χ3v) is 4.76. The second-order valence-corrected chi connectivity index (χ2v) is 6.17. The molecule has 2 fully saturated rings. The molecule has 4 rings (SSSR count). The first-order valence-corrected chi connectivity index (χ1v) is 7.82. The Kier molecular flexibility index (Phi) is 3.26. The molecule has 8 nitrogen and oxygen atoms in total. The van der Waals surface area contributed by atoms with Gasteiger partial charge in [-0.1, -0.05) is 17.3 Å². The minimum absolute atomic E-state index is 0.0614. The number of likely N-dealkylation sites (tertiary alicyclic amines) is 1. The lowest BCUT2D eigenvalue weighted by molar-refractivity contribution is -0.135. The Morgan fingerprint density at radius 3 is 2.71 bits per heavy atom. The number of aromatic nitrogens is 1. The molecule has 2 saturated heterocycles. The monoisotopic (exact) mass is 328 g/mol. The summed E-state index contributed by atoms with van der Waals surface area (Å²) in [7, 11) is 0. The number of piperidine rings is 1. The molecule has 0 unspecified atom stereocenters. The number of imide groups is 1. The van der Waals surface area contributed by atoms with Crippen LogP contribution in [0.2, 0.25) is 0 Å². The first kappa shape index (κ1) is 14.7. The van der Waals surface area contributed by atoms with Gasteiger partial charge in [-0.25, -0.2) is 4.79 Å². The molecule has 8 heteroatoms. The number of hydrogen-bond acceptors (Lipinski definition) is 5. The second-order valence-electron chi connectivity index (χ2n) is 6.17. The maximum absolute atomic E-state index is 12.5. The molecule has 1 spiro atoms. The molecule has 0 radical (unpaired) electrons. The Hall–Kier alpha value is -2.90. The second kappa shape index (κ2) is 5.33. The minimum atomic E-state index is -0.867. The summed E-state index contributed by atoms with van der Waals surface area (Å²) in [6, 6.07) is 6.94. The average Bonchev–Trinajstić information content (AvgIpc) is 3.10. The van der Waals surface area contributed by atoms with E-state index in [1.807, 2.05) is 24.3 Å². The van der Waals surface area contributed by atoms with Crippen LogP contribution >= 0.6 is 0 Å². The summed E-state index contributed by atoms with van der Waals surface area (Å²) in [6.45, 7) is 0.838. The molecule has 124 valence electrons. The Labute approximate surface area is 137 Å². The zero-order valence-corrected chi connectivity index (χ0v) is 12.9. The summed E-state index contributed by atoms with van der Waals surface area (Å²) < 4.78 is 5.22. The van der Waals surface area contributed by atoms with E-state index in [0.29, 0.717) is 37.2 Å². The number of carbonyl (C=O) groups excluding carboxylic acids is 3. The first-order chi connectivity index (χ1) is 11.6. The van der Waals surface area contributed by atoms with E-state index in [9.17, 15) is 14.4 Å². The molecule has 2 aliphatic heterocycles. The van der Waals surface area contributed by atoms with Gasteiger partial charge in [-0.05, 0) is 25.0 Å². The molecule has 0 bridgehead atoms. The van der Waals surface area contributed by atoms with Gasteiger partial charge in [0.05, 0.1) is 6.42 Å². The van der Waals surface area contributed by atoms with Crippen molar-refractivity contribution in [2.75, 3.05) is 13.1 Å². The Morgan fingerprint density at radius 2 is 2.00 bits per heavy atom. The highest BCUT2D eigenvalue weighted by Crippen LogP contribution is 2.26. The van der Waals surface area contributed by atoms with Crippen LogP contribution in [0.1, 0.15) is 18.5 Å². The predicted octanol–water partition coefficient (Wildman–Crippen LogP) is 0.571. The Morgan fingerprint density at radius 1 is 1.25 bits per heavy atom. The van der Waals surface area contributed by atoms with Crippen LogP contribution in [0.4, 0.5) is 4.79 Å². The molecule has 0 aliphatic carbocycles. The van der Waals surface area contributed by atoms with Crippen molar-refractivity contribution in [2.24, 2.45) is 0 Å². The molecule has 2 N–H and O–H groups in total. The smallest absolute Gasteiger partial charge is 0.322 e. The van der Waals surface area contributed by atoms with Crippen molar-refractivity contribution in [3.63, 3.8) is 0 Å². The van der Waals surface area contributed by atoms with Gasteiger partial charge < -0.3 is 14.7 Å². The highest BCUT2D eigenvalue weighted by atomic mass is 16.5. The summed E-state index contributed by atoms with van der Waals surface area (Å²) in [5.74, 6) is -0.365. The third kappa shape index (κ3) is 2.31. The topological polar surface area (TPSA) is 105 Å². The maximum atomic E-state index is 12.5. The standard InChI is InChI=1S/C16H16N4O4/c21-13(9-11-10-3-1-2-4-12(10)24-19-11)20-7-5-16(6-8-20)14(22)17-15(23)18-16/h1-4H,5-9H2,(H2,17,18,22,23). The van der Waals surface area contributed by atoms with Crippen LogP contribution in [0.5, 0.6) is 0 Å². The molecule has 1 aromatic heterocycles. The molecular weight excluding hydrogens is 312 g/mol. The van der Waals surface area contributed by atoms with E-state index in [-0.39, 0.29) is 18.2 Å². The Bertz CT molecular complexity index is 835. The highest BCUT2D eigenvalue weighted by Gasteiger charge is 2.48. The van der Waals surface area contributed by atoms with Crippen molar-refractivity contribution >= 4 is 28.8 Å². The summed E-state index contributed by atoms with van der Waals surface area (Å²) in [4.78, 5) is 37.5. The molecule has 1 aromatic carbocycles. The largest absolute Gasteiger partial charge is 0.356 e. The zero-order chi connectivity index (χ0) is 16.7. The quantitative estimate of drug-likeness (QED) is 0.784. The van der Waals surface area contributed by atoms with Crippen LogP contribution in [0.15, 0.2) is 28.8 Å². The number of rotatable bonds is 2. The number of amides is 4. The van der Waals surface area contributed by atoms with E-state index in [1.54, 1.807) is 4.90 Å². The van der Waals surface area contributed by atoms with Crippen LogP contribution in [-0.2, 0) is 16.0 Å². The van der Waals surface area contributed by atoms with Gasteiger partial charge >= 0.3 is 6.03 Å². The fraction of sp³-hybridized carbons (Fsp3) is 0.375. The van der Waals surface area contributed by atoms with Crippen molar-refractivity contribution in [1.82, 2.24) is 20.7 Å². The number of benzene rings is 1. The minimum Gasteiger partial charge on any atom is -0.356 e. The van der Waals surface area contributed by atoms with Crippen LogP contribution in [0.25, 0.3) is 11.0 Å². The van der Waals surface area contributed by atoms with Crippen molar-refractivity contribution in [2.45, 2.75) is 24.8 Å². The number of nitrogens with zero attached hydrogens (tertiary/aromatic N) is 2. The summed E-state index contributed by atoms with van der Waals surface area (Å²) in [6.07, 6.45) is 0.980. The number of urea groups is 1. The Balaban J connectivity index is 1.43. The zero-order valence-electron chi connectivity index (χ0n) is 12.9. The molecule has 3 heterocycles. The molecule has 24 heavy (non-hydrogen) atoms. The first-order valence-electron chi connectivity index (χ1n) is 7.82. The van der Waals surface area contributed by atoms with Crippen LogP contribution < -0.4 is 10.6 Å². The molecule has 0 atom stereocenters. The molecular formula is C16H16N4O4. The van der Waals surface area contributed by atoms with Crippen molar-refractivity contribution in [3.8, 4) is 0 Å². The maximum Gasteiger partial charge on any atom is 0.322 e. The molecule has 2 aromatic rings. The van der Waals surface area contributed by atoms with Crippen molar-refractivity contribution < 1.29 is 18.9 Å². The SMILES string of the molecule is O=C1NC(=O)C2(CCN(C(=O)Cc3noc4ccccc34)CC2)N1. The fourth-order valence-electron chi connectivity index (χ4n) is 3.34. The fourth-order valence-corrected chi connectivity index (χ4v) is 3.34. The van der Waals surface area contributed by atoms with Gasteiger partial charge in [0.2, 0.25) is 5.91 Å². The van der Waals surface area contributed by atoms with E-state index < -0.39 is 11.6 Å². The summed E-state index contributed by atoms with van der Waals surface area (Å²) in [5.41, 5.74) is 0.403. The predicted molar refractivity (Wildman–Crippen MR) is 82.9 cm³/mol. The molecule has 4 amide bonds. The number of nitrogens with one attached hydrogen (secondary N) is 2. The summed E-state index contributed by atoms with van der Waals surface area (Å²) >= 11 is 0. The highest BCUT2D eigenvalue weighted by molar-refractivity contribution is 6.07. The van der Waals surface area contributed by atoms with Gasteiger partial charge in [-0.3, -0.25) is 14.9 Å². The average molecular weight is 328 g/mol. The van der Waals surface area contributed by atoms with E-state index in [4.69, 9.17) is 4.52 Å². The van der Waals surface area contributed by atoms with Crippen molar-refractivity contribution in [1.29, 1.82) is 0 Å². The van der Waals surface area contributed by atoms with E-state index >= 15 is 0 Å². The number of para-hydroxylation sites is 1.